The highest BCUT2D eigenvalue weighted by Crippen LogP contribution is 1.99. The van der Waals surface area contributed by atoms with Crippen molar-refractivity contribution >= 4 is 16.1 Å². The van der Waals surface area contributed by atoms with Crippen LogP contribution in [-0.4, -0.2) is 20.1 Å². The molecule has 0 bridgehead atoms. The van der Waals surface area contributed by atoms with Gasteiger partial charge in [0.15, 0.2) is 0 Å². The zero-order chi connectivity index (χ0) is 10.5. The van der Waals surface area contributed by atoms with Crippen LogP contribution in [-0.2, 0) is 24.1 Å². The molecule has 0 aliphatic carbocycles. The molecular weight excluding hydrogens is 196 g/mol. The number of rotatable bonds is 5. The minimum atomic E-state index is -3.86. The molecule has 0 radical (unpaired) electrons. The van der Waals surface area contributed by atoms with Crippen LogP contribution in [0.3, 0.4) is 0 Å². The number of hydrogen-bond donors (Lipinski definition) is 0. The molecule has 0 saturated carbocycles. The average Bonchev–Trinajstić information content (AvgIpc) is 2.00. The van der Waals surface area contributed by atoms with Crippen molar-refractivity contribution in [3.05, 3.63) is 24.8 Å². The van der Waals surface area contributed by atoms with Gasteiger partial charge in [-0.2, -0.15) is 8.42 Å². The molecule has 5 nitrogen and oxygen atoms in total. The van der Waals surface area contributed by atoms with Crippen molar-refractivity contribution in [2.24, 2.45) is 0 Å². The Kier molecular flexibility index (Phi) is 4.36. The molecule has 0 amide bonds. The Labute approximate surface area is 76.7 Å². The number of carbonyl (C=O) groups excluding carboxylic acids is 1. The highest BCUT2D eigenvalue weighted by atomic mass is 32.2. The van der Waals surface area contributed by atoms with Crippen molar-refractivity contribution in [2.75, 3.05) is 5.75 Å². The van der Waals surface area contributed by atoms with E-state index < -0.39 is 21.8 Å². The first-order valence-electron chi connectivity index (χ1n) is 3.28. The van der Waals surface area contributed by atoms with Crippen LogP contribution in [0.1, 0.15) is 6.92 Å². The summed E-state index contributed by atoms with van der Waals surface area (Å²) in [6, 6.07) is 0. The molecule has 0 aromatic rings. The standard InChI is InChI=1S/C7H10O5S/c1-4-5-13(9,10)12-11-7(8)6(2)3/h4H,1-2,5H2,3H3. The third-order valence-electron chi connectivity index (χ3n) is 0.884. The minimum absolute atomic E-state index is 0.0498. The molecule has 0 aromatic heterocycles. The summed E-state index contributed by atoms with van der Waals surface area (Å²) in [5.41, 5.74) is 0.0498. The van der Waals surface area contributed by atoms with E-state index in [9.17, 15) is 13.2 Å². The maximum absolute atomic E-state index is 10.8. The van der Waals surface area contributed by atoms with Gasteiger partial charge < -0.3 is 0 Å². The Hall–Kier alpha value is -1.14. The SMILES string of the molecule is C=CCS(=O)(=O)OOC(=O)C(=C)C. The van der Waals surface area contributed by atoms with Gasteiger partial charge in [-0.05, 0) is 6.92 Å². The van der Waals surface area contributed by atoms with E-state index in [1.807, 2.05) is 0 Å². The smallest absolute Gasteiger partial charge is 0.276 e. The number of carbonyl (C=O) groups is 1. The normalized spacial score (nSPS) is 10.5. The Morgan fingerprint density at radius 1 is 1.54 bits per heavy atom. The van der Waals surface area contributed by atoms with Crippen LogP contribution in [0.2, 0.25) is 0 Å². The molecule has 0 aliphatic heterocycles. The van der Waals surface area contributed by atoms with Crippen molar-refractivity contribution in [1.82, 2.24) is 0 Å². The lowest BCUT2D eigenvalue weighted by Gasteiger charge is -2.00. The average molecular weight is 206 g/mol. The van der Waals surface area contributed by atoms with Crippen molar-refractivity contribution in [3.8, 4) is 0 Å². The minimum Gasteiger partial charge on any atom is -0.276 e. The quantitative estimate of drug-likeness (QED) is 0.284. The second kappa shape index (κ2) is 4.78. The summed E-state index contributed by atoms with van der Waals surface area (Å²) in [4.78, 5) is 14.6. The molecular formula is C7H10O5S. The second-order valence-electron chi connectivity index (χ2n) is 2.23. The molecule has 0 aliphatic rings. The fraction of sp³-hybridized carbons (Fsp3) is 0.286. The largest absolute Gasteiger partial charge is 0.369 e. The molecule has 0 atom stereocenters. The lowest BCUT2D eigenvalue weighted by atomic mass is 10.4. The lowest BCUT2D eigenvalue weighted by molar-refractivity contribution is -0.205. The summed E-state index contributed by atoms with van der Waals surface area (Å²) in [6.45, 7) is 7.79. The van der Waals surface area contributed by atoms with Crippen molar-refractivity contribution in [3.63, 3.8) is 0 Å². The summed E-state index contributed by atoms with van der Waals surface area (Å²) in [7, 11) is -3.86. The Morgan fingerprint density at radius 2 is 2.08 bits per heavy atom. The van der Waals surface area contributed by atoms with Crippen LogP contribution < -0.4 is 0 Å². The first-order valence-corrected chi connectivity index (χ1v) is 4.86. The Bertz CT molecular complexity index is 314. The molecule has 0 spiro atoms. The summed E-state index contributed by atoms with van der Waals surface area (Å²) >= 11 is 0. The van der Waals surface area contributed by atoms with E-state index in [1.54, 1.807) is 0 Å². The zero-order valence-electron chi connectivity index (χ0n) is 7.15. The van der Waals surface area contributed by atoms with E-state index in [1.165, 1.54) is 6.92 Å². The van der Waals surface area contributed by atoms with Gasteiger partial charge in [0, 0.05) is 5.57 Å². The van der Waals surface area contributed by atoms with Gasteiger partial charge >= 0.3 is 16.1 Å². The van der Waals surface area contributed by atoms with Gasteiger partial charge in [0.25, 0.3) is 0 Å². The molecule has 0 unspecified atom stereocenters. The van der Waals surface area contributed by atoms with Gasteiger partial charge in [0.1, 0.15) is 0 Å². The van der Waals surface area contributed by atoms with Crippen molar-refractivity contribution in [1.29, 1.82) is 0 Å². The monoisotopic (exact) mass is 206 g/mol. The highest BCUT2D eigenvalue weighted by Gasteiger charge is 2.14. The van der Waals surface area contributed by atoms with E-state index in [-0.39, 0.29) is 5.57 Å². The van der Waals surface area contributed by atoms with Crippen molar-refractivity contribution in [2.45, 2.75) is 6.92 Å². The topological polar surface area (TPSA) is 69.7 Å². The predicted octanol–water partition coefficient (Wildman–Crippen LogP) is 0.553. The van der Waals surface area contributed by atoms with E-state index in [0.29, 0.717) is 0 Å². The molecule has 13 heavy (non-hydrogen) atoms. The predicted molar refractivity (Wildman–Crippen MR) is 46.0 cm³/mol. The maximum Gasteiger partial charge on any atom is 0.369 e. The Morgan fingerprint density at radius 3 is 2.46 bits per heavy atom. The number of hydrogen-bond acceptors (Lipinski definition) is 5. The van der Waals surface area contributed by atoms with Gasteiger partial charge in [-0.3, -0.25) is 4.89 Å². The lowest BCUT2D eigenvalue weighted by Crippen LogP contribution is -2.13. The molecule has 0 rings (SSSR count). The van der Waals surface area contributed by atoms with Gasteiger partial charge in [-0.15, -0.1) is 6.58 Å². The molecule has 74 valence electrons. The van der Waals surface area contributed by atoms with Crippen LogP contribution in [0.25, 0.3) is 0 Å². The molecule has 0 saturated heterocycles. The van der Waals surface area contributed by atoms with Gasteiger partial charge in [0.2, 0.25) is 0 Å². The molecule has 0 aromatic carbocycles. The highest BCUT2D eigenvalue weighted by molar-refractivity contribution is 7.86. The van der Waals surface area contributed by atoms with Crippen LogP contribution in [0.15, 0.2) is 24.8 Å². The maximum atomic E-state index is 10.8. The summed E-state index contributed by atoms with van der Waals surface area (Å²) in [6.07, 6.45) is 1.12. The van der Waals surface area contributed by atoms with E-state index >= 15 is 0 Å². The molecule has 0 heterocycles. The van der Waals surface area contributed by atoms with E-state index in [2.05, 4.69) is 22.4 Å². The third kappa shape index (κ3) is 5.15. The summed E-state index contributed by atoms with van der Waals surface area (Å²) in [5, 5.41) is 0. The molecule has 6 heteroatoms. The van der Waals surface area contributed by atoms with Gasteiger partial charge in [-0.25, -0.2) is 4.79 Å². The van der Waals surface area contributed by atoms with Gasteiger partial charge in [0.05, 0.1) is 5.75 Å². The summed E-state index contributed by atoms with van der Waals surface area (Å²) in [5.74, 6) is -1.34. The fourth-order valence-corrected chi connectivity index (χ4v) is 0.836. The van der Waals surface area contributed by atoms with Crippen LogP contribution in [0, 0.1) is 0 Å². The summed E-state index contributed by atoms with van der Waals surface area (Å²) < 4.78 is 25.4. The van der Waals surface area contributed by atoms with E-state index in [4.69, 9.17) is 0 Å². The molecule has 0 fully saturated rings. The van der Waals surface area contributed by atoms with Crippen molar-refractivity contribution < 1.29 is 22.4 Å². The first-order chi connectivity index (χ1) is 5.89. The van der Waals surface area contributed by atoms with E-state index in [0.717, 1.165) is 6.08 Å². The van der Waals surface area contributed by atoms with Crippen LogP contribution in [0.5, 0.6) is 0 Å². The first kappa shape index (κ1) is 11.9. The molecule has 0 N–H and O–H groups in total. The third-order valence-corrected chi connectivity index (χ3v) is 1.80. The zero-order valence-corrected chi connectivity index (χ0v) is 7.96. The Balaban J connectivity index is 4.10. The fourth-order valence-electron chi connectivity index (χ4n) is 0.326. The van der Waals surface area contributed by atoms with Gasteiger partial charge in [-0.1, -0.05) is 17.0 Å². The van der Waals surface area contributed by atoms with Crippen LogP contribution in [0.4, 0.5) is 0 Å². The second-order valence-corrected chi connectivity index (χ2v) is 3.82. The van der Waals surface area contributed by atoms with Crippen LogP contribution >= 0.6 is 0 Å².